The molecule has 2 rings (SSSR count). The van der Waals surface area contributed by atoms with Crippen LogP contribution in [0.5, 0.6) is 0 Å². The molecule has 1 aromatic rings. The number of ether oxygens (including phenoxy) is 1. The van der Waals surface area contributed by atoms with Gasteiger partial charge in [0.2, 0.25) is 5.91 Å². The average Bonchev–Trinajstić information content (AvgIpc) is 3.19. The molecule has 0 atom stereocenters. The zero-order chi connectivity index (χ0) is 21.9. The van der Waals surface area contributed by atoms with Gasteiger partial charge in [-0.1, -0.05) is 13.8 Å². The van der Waals surface area contributed by atoms with Crippen LogP contribution in [0, 0.1) is 5.92 Å². The number of carbonyl (C=O) groups excluding carboxylic acids is 1. The molecular formula is C23H43N5O2. The van der Waals surface area contributed by atoms with Crippen molar-refractivity contribution in [2.75, 3.05) is 47.4 Å². The molecule has 1 heterocycles. The number of aromatic amines is 1. The van der Waals surface area contributed by atoms with E-state index in [0.717, 1.165) is 58.3 Å². The molecule has 7 heteroatoms. The number of rotatable bonds is 13. The van der Waals surface area contributed by atoms with Crippen molar-refractivity contribution < 1.29 is 9.53 Å². The van der Waals surface area contributed by atoms with Crippen LogP contribution in [0.15, 0.2) is 6.20 Å². The summed E-state index contributed by atoms with van der Waals surface area (Å²) in [6.07, 6.45) is 7.91. The standard InChI is InChI=1S/C23H43N5O2/c1-18(2)10-13-28(22(29)11-15-30-5)21-8-6-19(7-9-21)23-20(16-25-26-23)17-27(4)14-12-24-3/h16,18-19,21,24H,6-15,17H2,1-5H3,(H,25,26)/t19-,21-. The minimum Gasteiger partial charge on any atom is -0.384 e. The topological polar surface area (TPSA) is 73.5 Å². The number of carbonyl (C=O) groups is 1. The highest BCUT2D eigenvalue weighted by molar-refractivity contribution is 5.76. The highest BCUT2D eigenvalue weighted by atomic mass is 16.5. The van der Waals surface area contributed by atoms with Crippen LogP contribution in [-0.2, 0) is 16.1 Å². The fourth-order valence-electron chi connectivity index (χ4n) is 4.38. The minimum absolute atomic E-state index is 0.243. The van der Waals surface area contributed by atoms with Crippen LogP contribution in [0.4, 0.5) is 0 Å². The largest absolute Gasteiger partial charge is 0.384 e. The summed E-state index contributed by atoms with van der Waals surface area (Å²) in [7, 11) is 5.80. The van der Waals surface area contributed by atoms with Gasteiger partial charge in [-0.15, -0.1) is 0 Å². The molecule has 7 nitrogen and oxygen atoms in total. The molecule has 0 bridgehead atoms. The highest BCUT2D eigenvalue weighted by Gasteiger charge is 2.31. The SMILES string of the molecule is CNCCN(C)Cc1c[nH]nc1[C@H]1CC[C@H](N(CCC(C)C)C(=O)CCOC)CC1. The van der Waals surface area contributed by atoms with Crippen molar-refractivity contribution in [1.82, 2.24) is 25.3 Å². The summed E-state index contributed by atoms with van der Waals surface area (Å²) in [4.78, 5) is 17.3. The summed E-state index contributed by atoms with van der Waals surface area (Å²) in [6, 6.07) is 0.352. The molecule has 0 aromatic carbocycles. The van der Waals surface area contributed by atoms with Crippen molar-refractivity contribution in [3.63, 3.8) is 0 Å². The summed E-state index contributed by atoms with van der Waals surface area (Å²) >= 11 is 0. The molecule has 172 valence electrons. The molecule has 1 aromatic heterocycles. The summed E-state index contributed by atoms with van der Waals surface area (Å²) in [5.74, 6) is 1.33. The zero-order valence-corrected chi connectivity index (χ0v) is 19.7. The minimum atomic E-state index is 0.243. The summed E-state index contributed by atoms with van der Waals surface area (Å²) in [6.45, 7) is 8.73. The van der Waals surface area contributed by atoms with Gasteiger partial charge in [-0.2, -0.15) is 5.10 Å². The first kappa shape index (κ1) is 24.8. The second kappa shape index (κ2) is 13.1. The molecule has 1 aliphatic carbocycles. The average molecular weight is 422 g/mol. The van der Waals surface area contributed by atoms with E-state index in [-0.39, 0.29) is 5.91 Å². The fourth-order valence-corrected chi connectivity index (χ4v) is 4.38. The third-order valence-corrected chi connectivity index (χ3v) is 6.25. The van der Waals surface area contributed by atoms with Crippen LogP contribution in [-0.4, -0.2) is 79.4 Å². The number of hydrogen-bond acceptors (Lipinski definition) is 5. The van der Waals surface area contributed by atoms with E-state index in [0.29, 0.717) is 30.9 Å². The van der Waals surface area contributed by atoms with E-state index in [1.165, 1.54) is 11.3 Å². The molecule has 0 spiro atoms. The van der Waals surface area contributed by atoms with E-state index in [1.807, 2.05) is 7.05 Å². The molecule has 0 radical (unpaired) electrons. The Morgan fingerprint density at radius 3 is 2.67 bits per heavy atom. The van der Waals surface area contributed by atoms with E-state index >= 15 is 0 Å². The van der Waals surface area contributed by atoms with Crippen LogP contribution < -0.4 is 5.32 Å². The molecule has 0 unspecified atom stereocenters. The Balaban J connectivity index is 1.95. The lowest BCUT2D eigenvalue weighted by molar-refractivity contribution is -0.135. The maximum absolute atomic E-state index is 12.8. The molecule has 0 aliphatic heterocycles. The second-order valence-corrected chi connectivity index (χ2v) is 9.15. The van der Waals surface area contributed by atoms with Crippen molar-refractivity contribution >= 4 is 5.91 Å². The first-order chi connectivity index (χ1) is 14.5. The van der Waals surface area contributed by atoms with Gasteiger partial charge in [-0.05, 0) is 52.1 Å². The lowest BCUT2D eigenvalue weighted by Crippen LogP contribution is -2.43. The Kier molecular flexibility index (Phi) is 10.8. The number of H-pyrrole nitrogens is 1. The molecule has 1 saturated carbocycles. The van der Waals surface area contributed by atoms with Crippen molar-refractivity contribution in [3.05, 3.63) is 17.5 Å². The molecule has 1 amide bonds. The van der Waals surface area contributed by atoms with E-state index in [9.17, 15) is 4.79 Å². The summed E-state index contributed by atoms with van der Waals surface area (Å²) in [5.41, 5.74) is 2.54. The molecule has 30 heavy (non-hydrogen) atoms. The lowest BCUT2D eigenvalue weighted by Gasteiger charge is -2.37. The first-order valence-corrected chi connectivity index (χ1v) is 11.6. The highest BCUT2D eigenvalue weighted by Crippen LogP contribution is 2.36. The van der Waals surface area contributed by atoms with Gasteiger partial charge >= 0.3 is 0 Å². The van der Waals surface area contributed by atoms with Crippen LogP contribution in [0.2, 0.25) is 0 Å². The number of methoxy groups -OCH3 is 1. The van der Waals surface area contributed by atoms with Crippen molar-refractivity contribution in [2.24, 2.45) is 5.92 Å². The fraction of sp³-hybridized carbons (Fsp3) is 0.826. The van der Waals surface area contributed by atoms with Gasteiger partial charge in [0.25, 0.3) is 0 Å². The van der Waals surface area contributed by atoms with Gasteiger partial charge in [0.1, 0.15) is 0 Å². The molecule has 0 saturated heterocycles. The molecule has 1 aliphatic rings. The van der Waals surface area contributed by atoms with Gasteiger partial charge in [0.15, 0.2) is 0 Å². The first-order valence-electron chi connectivity index (χ1n) is 11.6. The Hall–Kier alpha value is -1.44. The molecular weight excluding hydrogens is 378 g/mol. The maximum Gasteiger partial charge on any atom is 0.225 e. The van der Waals surface area contributed by atoms with Gasteiger partial charge < -0.3 is 19.9 Å². The quantitative estimate of drug-likeness (QED) is 0.512. The summed E-state index contributed by atoms with van der Waals surface area (Å²) < 4.78 is 5.14. The number of amides is 1. The van der Waals surface area contributed by atoms with E-state index < -0.39 is 0 Å². The number of likely N-dealkylation sites (N-methyl/N-ethyl adjacent to an activating group) is 2. The van der Waals surface area contributed by atoms with Crippen LogP contribution in [0.25, 0.3) is 0 Å². The Morgan fingerprint density at radius 2 is 2.03 bits per heavy atom. The smallest absolute Gasteiger partial charge is 0.225 e. The van der Waals surface area contributed by atoms with Gasteiger partial charge in [0.05, 0.1) is 18.7 Å². The van der Waals surface area contributed by atoms with E-state index in [1.54, 1.807) is 7.11 Å². The van der Waals surface area contributed by atoms with E-state index in [2.05, 4.69) is 52.4 Å². The van der Waals surface area contributed by atoms with Crippen molar-refractivity contribution in [2.45, 2.75) is 70.9 Å². The van der Waals surface area contributed by atoms with Crippen LogP contribution >= 0.6 is 0 Å². The third-order valence-electron chi connectivity index (χ3n) is 6.25. The maximum atomic E-state index is 12.8. The summed E-state index contributed by atoms with van der Waals surface area (Å²) in [5, 5.41) is 10.9. The normalized spacial score (nSPS) is 19.6. The monoisotopic (exact) mass is 421 g/mol. The van der Waals surface area contributed by atoms with Gasteiger partial charge in [-0.25, -0.2) is 0 Å². The van der Waals surface area contributed by atoms with E-state index in [4.69, 9.17) is 4.74 Å². The van der Waals surface area contributed by atoms with Crippen LogP contribution in [0.3, 0.4) is 0 Å². The number of nitrogens with one attached hydrogen (secondary N) is 2. The van der Waals surface area contributed by atoms with Gasteiger partial charge in [-0.3, -0.25) is 9.89 Å². The third kappa shape index (κ3) is 7.67. The predicted molar refractivity (Wildman–Crippen MR) is 122 cm³/mol. The molecule has 1 fully saturated rings. The lowest BCUT2D eigenvalue weighted by atomic mass is 9.82. The Morgan fingerprint density at radius 1 is 1.30 bits per heavy atom. The number of nitrogens with zero attached hydrogens (tertiary/aromatic N) is 3. The van der Waals surface area contributed by atoms with Gasteiger partial charge in [0, 0.05) is 57.0 Å². The van der Waals surface area contributed by atoms with Crippen molar-refractivity contribution in [1.29, 1.82) is 0 Å². The predicted octanol–water partition coefficient (Wildman–Crippen LogP) is 3.00. The second-order valence-electron chi connectivity index (χ2n) is 9.15. The number of aromatic nitrogens is 2. The molecule has 2 N–H and O–H groups in total. The Bertz CT molecular complexity index is 610. The Labute approximate surface area is 182 Å². The zero-order valence-electron chi connectivity index (χ0n) is 19.7. The van der Waals surface area contributed by atoms with Crippen LogP contribution in [0.1, 0.15) is 69.5 Å². The van der Waals surface area contributed by atoms with Crippen molar-refractivity contribution in [3.8, 4) is 0 Å². The number of hydrogen-bond donors (Lipinski definition) is 2.